The van der Waals surface area contributed by atoms with Gasteiger partial charge in [-0.3, -0.25) is 4.68 Å². The molecule has 2 rings (SSSR count). The van der Waals surface area contributed by atoms with E-state index in [1.165, 1.54) is 0 Å². The molecule has 96 valence electrons. The van der Waals surface area contributed by atoms with E-state index in [-0.39, 0.29) is 12.5 Å². The average molecular weight is 309 g/mol. The number of nitrogens with zero attached hydrogens (tertiary/aromatic N) is 2. The molecule has 1 aromatic carbocycles. The van der Waals surface area contributed by atoms with Gasteiger partial charge in [0.15, 0.2) is 0 Å². The average Bonchev–Trinajstić information content (AvgIpc) is 2.66. The van der Waals surface area contributed by atoms with Crippen LogP contribution in [-0.4, -0.2) is 21.5 Å². The fourth-order valence-electron chi connectivity index (χ4n) is 2.19. The van der Waals surface area contributed by atoms with Crippen molar-refractivity contribution in [3.63, 3.8) is 0 Å². The first-order valence-electron chi connectivity index (χ1n) is 5.96. The standard InChI is InChI=1S/C14H17BrN2O/c1-10-7-12(17(2)16-10)8-11(9-18)13-5-3-4-6-14(13)15/h3-7,11,18H,8-9H2,1-2H3. The van der Waals surface area contributed by atoms with E-state index >= 15 is 0 Å². The number of aryl methyl sites for hydroxylation is 2. The van der Waals surface area contributed by atoms with Crippen molar-refractivity contribution in [2.75, 3.05) is 6.61 Å². The summed E-state index contributed by atoms with van der Waals surface area (Å²) in [6.07, 6.45) is 0.788. The van der Waals surface area contributed by atoms with Crippen LogP contribution in [0.15, 0.2) is 34.8 Å². The molecule has 0 radical (unpaired) electrons. The predicted molar refractivity (Wildman–Crippen MR) is 75.6 cm³/mol. The second-order valence-corrected chi connectivity index (χ2v) is 5.36. The summed E-state index contributed by atoms with van der Waals surface area (Å²) in [5, 5.41) is 14.0. The molecule has 1 heterocycles. The van der Waals surface area contributed by atoms with Crippen LogP contribution < -0.4 is 0 Å². The molecule has 0 spiro atoms. The quantitative estimate of drug-likeness (QED) is 0.943. The van der Waals surface area contributed by atoms with E-state index in [2.05, 4.69) is 27.1 Å². The number of aliphatic hydroxyl groups excluding tert-OH is 1. The minimum absolute atomic E-state index is 0.0929. The van der Waals surface area contributed by atoms with Crippen LogP contribution in [0, 0.1) is 6.92 Å². The van der Waals surface area contributed by atoms with Gasteiger partial charge in [0.25, 0.3) is 0 Å². The Bertz CT molecular complexity index is 536. The third-order valence-electron chi connectivity index (χ3n) is 3.12. The number of hydrogen-bond donors (Lipinski definition) is 1. The smallest absolute Gasteiger partial charge is 0.0596 e. The third-order valence-corrected chi connectivity index (χ3v) is 3.84. The van der Waals surface area contributed by atoms with E-state index in [4.69, 9.17) is 0 Å². The number of aliphatic hydroxyl groups is 1. The van der Waals surface area contributed by atoms with Gasteiger partial charge >= 0.3 is 0 Å². The van der Waals surface area contributed by atoms with Gasteiger partial charge in [0, 0.05) is 23.1 Å². The fourth-order valence-corrected chi connectivity index (χ4v) is 2.80. The zero-order valence-corrected chi connectivity index (χ0v) is 12.2. The third kappa shape index (κ3) is 2.82. The van der Waals surface area contributed by atoms with Crippen molar-refractivity contribution in [2.24, 2.45) is 7.05 Å². The molecular formula is C14H17BrN2O. The summed E-state index contributed by atoms with van der Waals surface area (Å²) < 4.78 is 2.93. The Morgan fingerprint density at radius 2 is 2.11 bits per heavy atom. The van der Waals surface area contributed by atoms with Crippen LogP contribution in [0.1, 0.15) is 22.9 Å². The lowest BCUT2D eigenvalue weighted by molar-refractivity contribution is 0.262. The molecule has 2 aromatic rings. The summed E-state index contributed by atoms with van der Waals surface area (Å²) in [5.74, 6) is 0.0929. The van der Waals surface area contributed by atoms with E-state index in [1.54, 1.807) is 0 Å². The lowest BCUT2D eigenvalue weighted by Gasteiger charge is -2.16. The van der Waals surface area contributed by atoms with E-state index in [1.807, 2.05) is 42.9 Å². The van der Waals surface area contributed by atoms with Crippen LogP contribution in [0.4, 0.5) is 0 Å². The summed E-state index contributed by atoms with van der Waals surface area (Å²) >= 11 is 3.54. The second-order valence-electron chi connectivity index (χ2n) is 4.51. The van der Waals surface area contributed by atoms with Gasteiger partial charge < -0.3 is 5.11 Å². The van der Waals surface area contributed by atoms with Gasteiger partial charge in [-0.25, -0.2) is 0 Å². The Labute approximate surface area is 116 Å². The molecule has 3 nitrogen and oxygen atoms in total. The van der Waals surface area contributed by atoms with Crippen LogP contribution in [0.3, 0.4) is 0 Å². The first kappa shape index (κ1) is 13.3. The first-order valence-corrected chi connectivity index (χ1v) is 6.76. The highest BCUT2D eigenvalue weighted by atomic mass is 79.9. The minimum atomic E-state index is 0.0929. The van der Waals surface area contributed by atoms with Crippen LogP contribution in [-0.2, 0) is 13.5 Å². The Balaban J connectivity index is 2.25. The highest BCUT2D eigenvalue weighted by Gasteiger charge is 2.16. The summed E-state index contributed by atoms with van der Waals surface area (Å²) in [6.45, 7) is 2.11. The minimum Gasteiger partial charge on any atom is -0.396 e. The highest BCUT2D eigenvalue weighted by molar-refractivity contribution is 9.10. The van der Waals surface area contributed by atoms with Gasteiger partial charge in [-0.15, -0.1) is 0 Å². The summed E-state index contributed by atoms with van der Waals surface area (Å²) in [6, 6.07) is 10.1. The van der Waals surface area contributed by atoms with E-state index in [0.717, 1.165) is 27.8 Å². The largest absolute Gasteiger partial charge is 0.396 e. The van der Waals surface area contributed by atoms with Gasteiger partial charge in [0.05, 0.1) is 12.3 Å². The van der Waals surface area contributed by atoms with Crippen LogP contribution in [0.2, 0.25) is 0 Å². The Kier molecular flexibility index (Phi) is 4.19. The van der Waals surface area contributed by atoms with Crippen molar-refractivity contribution in [3.8, 4) is 0 Å². The molecule has 0 fully saturated rings. The monoisotopic (exact) mass is 308 g/mol. The van der Waals surface area contributed by atoms with E-state index < -0.39 is 0 Å². The molecule has 18 heavy (non-hydrogen) atoms. The number of halogens is 1. The zero-order chi connectivity index (χ0) is 13.1. The topological polar surface area (TPSA) is 38.0 Å². The molecule has 1 unspecified atom stereocenters. The predicted octanol–water partition coefficient (Wildman–Crippen LogP) is 2.81. The first-order chi connectivity index (χ1) is 8.61. The zero-order valence-electron chi connectivity index (χ0n) is 10.6. The molecule has 0 bridgehead atoms. The molecule has 0 aliphatic carbocycles. The molecular weight excluding hydrogens is 292 g/mol. The van der Waals surface area contributed by atoms with Gasteiger partial charge in [-0.1, -0.05) is 34.1 Å². The maximum absolute atomic E-state index is 9.61. The SMILES string of the molecule is Cc1cc(CC(CO)c2ccccc2Br)n(C)n1. The fraction of sp³-hybridized carbons (Fsp3) is 0.357. The maximum Gasteiger partial charge on any atom is 0.0596 e. The Morgan fingerprint density at radius 3 is 2.67 bits per heavy atom. The highest BCUT2D eigenvalue weighted by Crippen LogP contribution is 2.27. The summed E-state index contributed by atoms with van der Waals surface area (Å²) in [7, 11) is 1.94. The summed E-state index contributed by atoms with van der Waals surface area (Å²) in [5.41, 5.74) is 3.29. The molecule has 0 saturated carbocycles. The van der Waals surface area contributed by atoms with Crippen molar-refractivity contribution in [2.45, 2.75) is 19.3 Å². The molecule has 0 aliphatic rings. The molecule has 1 aromatic heterocycles. The van der Waals surface area contributed by atoms with Crippen molar-refractivity contribution < 1.29 is 5.11 Å². The van der Waals surface area contributed by atoms with Gasteiger partial charge in [-0.2, -0.15) is 5.10 Å². The molecule has 0 aliphatic heterocycles. The lowest BCUT2D eigenvalue weighted by atomic mass is 9.95. The lowest BCUT2D eigenvalue weighted by Crippen LogP contribution is -2.11. The number of hydrogen-bond acceptors (Lipinski definition) is 2. The molecule has 4 heteroatoms. The second kappa shape index (κ2) is 5.67. The van der Waals surface area contributed by atoms with E-state index in [9.17, 15) is 5.11 Å². The van der Waals surface area contributed by atoms with Crippen LogP contribution in [0.25, 0.3) is 0 Å². The molecule has 0 saturated heterocycles. The number of rotatable bonds is 4. The van der Waals surface area contributed by atoms with Crippen molar-refractivity contribution in [1.29, 1.82) is 0 Å². The van der Waals surface area contributed by atoms with Crippen molar-refractivity contribution in [3.05, 3.63) is 51.8 Å². The number of benzene rings is 1. The maximum atomic E-state index is 9.61. The van der Waals surface area contributed by atoms with Crippen LogP contribution in [0.5, 0.6) is 0 Å². The van der Waals surface area contributed by atoms with Crippen molar-refractivity contribution in [1.82, 2.24) is 9.78 Å². The Morgan fingerprint density at radius 1 is 1.39 bits per heavy atom. The molecule has 0 amide bonds. The van der Waals surface area contributed by atoms with Gasteiger partial charge in [0.2, 0.25) is 0 Å². The Hall–Kier alpha value is -1.13. The van der Waals surface area contributed by atoms with Crippen molar-refractivity contribution >= 4 is 15.9 Å². The van der Waals surface area contributed by atoms with Gasteiger partial charge in [0.1, 0.15) is 0 Å². The van der Waals surface area contributed by atoms with E-state index in [0.29, 0.717) is 0 Å². The normalized spacial score (nSPS) is 12.7. The van der Waals surface area contributed by atoms with Crippen LogP contribution >= 0.6 is 15.9 Å². The molecule has 1 N–H and O–H groups in total. The summed E-state index contributed by atoms with van der Waals surface area (Å²) in [4.78, 5) is 0. The number of aromatic nitrogens is 2. The van der Waals surface area contributed by atoms with Gasteiger partial charge in [-0.05, 0) is 31.0 Å². The molecule has 1 atom stereocenters.